The lowest BCUT2D eigenvalue weighted by Gasteiger charge is -2.05. The highest BCUT2D eigenvalue weighted by molar-refractivity contribution is 5.90. The highest BCUT2D eigenvalue weighted by Crippen LogP contribution is 2.11. The average molecular weight is 235 g/mol. The molecule has 1 amide bonds. The molecule has 0 bridgehead atoms. The fraction of sp³-hybridized carbons (Fsp3) is 0.385. The quantitative estimate of drug-likeness (QED) is 0.795. The molecule has 0 saturated carbocycles. The number of amides is 1. The Hall–Kier alpha value is -1.84. The van der Waals surface area contributed by atoms with Crippen LogP contribution >= 0.6 is 0 Å². The topological polar surface area (TPSA) is 66.4 Å². The number of benzene rings is 1. The number of carbonyl (C=O) groups is 2. The molecule has 17 heavy (non-hydrogen) atoms. The van der Waals surface area contributed by atoms with Crippen LogP contribution < -0.4 is 5.32 Å². The summed E-state index contributed by atoms with van der Waals surface area (Å²) >= 11 is 0. The lowest BCUT2D eigenvalue weighted by molar-refractivity contribution is -0.136. The van der Waals surface area contributed by atoms with E-state index in [2.05, 4.69) is 5.32 Å². The first kappa shape index (κ1) is 13.2. The third kappa shape index (κ3) is 5.15. The van der Waals surface area contributed by atoms with Crippen molar-refractivity contribution in [2.45, 2.75) is 32.6 Å². The van der Waals surface area contributed by atoms with Crippen molar-refractivity contribution in [3.63, 3.8) is 0 Å². The smallest absolute Gasteiger partial charge is 0.307 e. The third-order valence-electron chi connectivity index (χ3n) is 2.35. The van der Waals surface area contributed by atoms with Crippen LogP contribution in [0.25, 0.3) is 0 Å². The van der Waals surface area contributed by atoms with E-state index in [1.807, 2.05) is 6.92 Å². The maximum Gasteiger partial charge on any atom is 0.307 e. The molecular weight excluding hydrogens is 218 g/mol. The van der Waals surface area contributed by atoms with E-state index >= 15 is 0 Å². The van der Waals surface area contributed by atoms with Crippen molar-refractivity contribution in [1.29, 1.82) is 0 Å². The molecule has 0 aliphatic heterocycles. The van der Waals surface area contributed by atoms with Gasteiger partial charge >= 0.3 is 5.97 Å². The van der Waals surface area contributed by atoms with E-state index in [1.165, 1.54) is 0 Å². The summed E-state index contributed by atoms with van der Waals surface area (Å²) in [4.78, 5) is 21.9. The molecule has 0 spiro atoms. The first-order chi connectivity index (χ1) is 8.11. The number of hydrogen-bond donors (Lipinski definition) is 2. The maximum atomic E-state index is 11.4. The van der Waals surface area contributed by atoms with E-state index in [0.29, 0.717) is 12.1 Å². The van der Waals surface area contributed by atoms with Crippen LogP contribution in [0.1, 0.15) is 31.7 Å². The number of anilines is 1. The molecule has 2 N–H and O–H groups in total. The monoisotopic (exact) mass is 235 g/mol. The second-order valence-corrected chi connectivity index (χ2v) is 3.92. The number of unbranched alkanes of at least 4 members (excludes halogenated alkanes) is 1. The molecule has 1 aromatic rings. The Bertz CT molecular complexity index is 384. The Kier molecular flexibility index (Phi) is 5.20. The summed E-state index contributed by atoms with van der Waals surface area (Å²) in [7, 11) is 0. The molecule has 1 rings (SSSR count). The van der Waals surface area contributed by atoms with Gasteiger partial charge < -0.3 is 10.4 Å². The zero-order valence-electron chi connectivity index (χ0n) is 9.90. The van der Waals surface area contributed by atoms with E-state index in [-0.39, 0.29) is 12.3 Å². The van der Waals surface area contributed by atoms with Gasteiger partial charge in [0.05, 0.1) is 6.42 Å². The fourth-order valence-corrected chi connectivity index (χ4v) is 1.44. The van der Waals surface area contributed by atoms with Crippen LogP contribution in [-0.4, -0.2) is 17.0 Å². The second-order valence-electron chi connectivity index (χ2n) is 3.92. The second kappa shape index (κ2) is 6.68. The summed E-state index contributed by atoms with van der Waals surface area (Å²) in [6.07, 6.45) is 2.39. The summed E-state index contributed by atoms with van der Waals surface area (Å²) in [5.74, 6) is -0.859. The van der Waals surface area contributed by atoms with Crippen molar-refractivity contribution in [2.24, 2.45) is 0 Å². The van der Waals surface area contributed by atoms with Crippen molar-refractivity contribution in [3.8, 4) is 0 Å². The number of hydrogen-bond acceptors (Lipinski definition) is 2. The van der Waals surface area contributed by atoms with Crippen LogP contribution in [0.15, 0.2) is 24.3 Å². The van der Waals surface area contributed by atoms with Crippen molar-refractivity contribution in [3.05, 3.63) is 29.8 Å². The molecule has 0 saturated heterocycles. The Morgan fingerprint density at radius 1 is 1.24 bits per heavy atom. The Morgan fingerprint density at radius 3 is 2.41 bits per heavy atom. The Balaban J connectivity index is 2.50. The minimum absolute atomic E-state index is 0.00201. The molecule has 0 aliphatic carbocycles. The fourth-order valence-electron chi connectivity index (χ4n) is 1.44. The number of carbonyl (C=O) groups excluding carboxylic acids is 1. The first-order valence-electron chi connectivity index (χ1n) is 5.72. The molecule has 0 aromatic heterocycles. The van der Waals surface area contributed by atoms with Gasteiger partial charge in [-0.1, -0.05) is 25.5 Å². The lowest BCUT2D eigenvalue weighted by atomic mass is 10.1. The van der Waals surface area contributed by atoms with Gasteiger partial charge in [-0.25, -0.2) is 0 Å². The lowest BCUT2D eigenvalue weighted by Crippen LogP contribution is -2.11. The van der Waals surface area contributed by atoms with Crippen molar-refractivity contribution < 1.29 is 14.7 Å². The van der Waals surface area contributed by atoms with Crippen LogP contribution in [0.5, 0.6) is 0 Å². The van der Waals surface area contributed by atoms with Crippen LogP contribution in [0, 0.1) is 0 Å². The zero-order valence-corrected chi connectivity index (χ0v) is 9.90. The summed E-state index contributed by atoms with van der Waals surface area (Å²) in [6, 6.07) is 6.87. The molecule has 0 atom stereocenters. The summed E-state index contributed by atoms with van der Waals surface area (Å²) < 4.78 is 0. The molecular formula is C13H17NO3. The van der Waals surface area contributed by atoms with E-state index in [1.54, 1.807) is 24.3 Å². The molecule has 0 unspecified atom stereocenters. The molecule has 0 fully saturated rings. The number of rotatable bonds is 6. The van der Waals surface area contributed by atoms with Crippen LogP contribution in [0.3, 0.4) is 0 Å². The Morgan fingerprint density at radius 2 is 1.88 bits per heavy atom. The van der Waals surface area contributed by atoms with Gasteiger partial charge in [0.15, 0.2) is 0 Å². The molecule has 0 heterocycles. The molecule has 0 radical (unpaired) electrons. The van der Waals surface area contributed by atoms with E-state index in [0.717, 1.165) is 18.4 Å². The molecule has 4 nitrogen and oxygen atoms in total. The predicted octanol–water partition coefficient (Wildman–Crippen LogP) is 2.44. The SMILES string of the molecule is CCCCC(=O)Nc1ccc(CC(=O)O)cc1. The van der Waals surface area contributed by atoms with Gasteiger partial charge in [-0.3, -0.25) is 9.59 Å². The van der Waals surface area contributed by atoms with E-state index in [4.69, 9.17) is 5.11 Å². The molecule has 92 valence electrons. The minimum atomic E-state index is -0.857. The number of aliphatic carboxylic acids is 1. The maximum absolute atomic E-state index is 11.4. The first-order valence-corrected chi connectivity index (χ1v) is 5.72. The van der Waals surface area contributed by atoms with Gasteiger partial charge in [0.25, 0.3) is 0 Å². The van der Waals surface area contributed by atoms with Crippen LogP contribution in [-0.2, 0) is 16.0 Å². The van der Waals surface area contributed by atoms with Crippen LogP contribution in [0.2, 0.25) is 0 Å². The number of carboxylic acids is 1. The third-order valence-corrected chi connectivity index (χ3v) is 2.35. The zero-order chi connectivity index (χ0) is 12.7. The summed E-state index contributed by atoms with van der Waals surface area (Å²) in [6.45, 7) is 2.04. The summed E-state index contributed by atoms with van der Waals surface area (Å²) in [5, 5.41) is 11.4. The largest absolute Gasteiger partial charge is 0.481 e. The van der Waals surface area contributed by atoms with Gasteiger partial charge in [-0.05, 0) is 24.1 Å². The van der Waals surface area contributed by atoms with Crippen molar-refractivity contribution in [1.82, 2.24) is 0 Å². The van der Waals surface area contributed by atoms with Gasteiger partial charge in [-0.15, -0.1) is 0 Å². The van der Waals surface area contributed by atoms with E-state index in [9.17, 15) is 9.59 Å². The van der Waals surface area contributed by atoms with Crippen LogP contribution in [0.4, 0.5) is 5.69 Å². The minimum Gasteiger partial charge on any atom is -0.481 e. The number of nitrogens with one attached hydrogen (secondary N) is 1. The van der Waals surface area contributed by atoms with Crippen molar-refractivity contribution >= 4 is 17.6 Å². The van der Waals surface area contributed by atoms with Gasteiger partial charge in [0.2, 0.25) is 5.91 Å². The number of carboxylic acid groups (broad SMARTS) is 1. The summed E-state index contributed by atoms with van der Waals surface area (Å²) in [5.41, 5.74) is 1.43. The van der Waals surface area contributed by atoms with Gasteiger partial charge in [-0.2, -0.15) is 0 Å². The molecule has 4 heteroatoms. The molecule has 0 aliphatic rings. The highest BCUT2D eigenvalue weighted by atomic mass is 16.4. The molecule has 1 aromatic carbocycles. The predicted molar refractivity (Wildman–Crippen MR) is 65.9 cm³/mol. The van der Waals surface area contributed by atoms with Gasteiger partial charge in [0.1, 0.15) is 0 Å². The Labute approximate surface area is 101 Å². The van der Waals surface area contributed by atoms with E-state index < -0.39 is 5.97 Å². The van der Waals surface area contributed by atoms with Crippen molar-refractivity contribution in [2.75, 3.05) is 5.32 Å². The average Bonchev–Trinajstić information content (AvgIpc) is 2.28. The normalized spacial score (nSPS) is 9.94. The highest BCUT2D eigenvalue weighted by Gasteiger charge is 2.03. The van der Waals surface area contributed by atoms with Gasteiger partial charge in [0, 0.05) is 12.1 Å². The standard InChI is InChI=1S/C13H17NO3/c1-2-3-4-12(15)14-11-7-5-10(6-8-11)9-13(16)17/h5-8H,2-4,9H2,1H3,(H,14,15)(H,16,17).